The van der Waals surface area contributed by atoms with Crippen molar-refractivity contribution in [2.75, 3.05) is 0 Å². The van der Waals surface area contributed by atoms with Crippen molar-refractivity contribution in [3.63, 3.8) is 0 Å². The number of fused-ring (bicyclic) bond motifs is 1. The molecule has 2 unspecified atom stereocenters. The van der Waals surface area contributed by atoms with Crippen LogP contribution >= 0.6 is 11.3 Å². The molecule has 1 heterocycles. The van der Waals surface area contributed by atoms with Gasteiger partial charge in [0.1, 0.15) is 12.1 Å². The summed E-state index contributed by atoms with van der Waals surface area (Å²) >= 11 is 1.35. The van der Waals surface area contributed by atoms with Gasteiger partial charge in [0, 0.05) is 24.3 Å². The first-order valence-corrected chi connectivity index (χ1v) is 14.8. The average Bonchev–Trinajstić information content (AvgIpc) is 3.58. The van der Waals surface area contributed by atoms with E-state index in [1.165, 1.54) is 11.3 Å². The second-order valence-corrected chi connectivity index (χ2v) is 12.6. The van der Waals surface area contributed by atoms with Crippen LogP contribution in [0.3, 0.4) is 0 Å². The summed E-state index contributed by atoms with van der Waals surface area (Å²) in [5.74, 6) is -0.732. The molecule has 40 heavy (non-hydrogen) atoms. The van der Waals surface area contributed by atoms with Gasteiger partial charge in [0.2, 0.25) is 0 Å². The molecule has 2 atom stereocenters. The van der Waals surface area contributed by atoms with E-state index >= 15 is 0 Å². The van der Waals surface area contributed by atoms with E-state index in [1.54, 1.807) is 11.5 Å². The van der Waals surface area contributed by atoms with Crippen LogP contribution in [-0.4, -0.2) is 40.9 Å². The molecule has 1 amide bonds. The number of nitrogens with one attached hydrogen (secondary N) is 3. The van der Waals surface area contributed by atoms with Crippen molar-refractivity contribution in [3.8, 4) is 0 Å². The number of hydrogen-bond donors (Lipinski definition) is 4. The van der Waals surface area contributed by atoms with Gasteiger partial charge in [-0.3, -0.25) is 20.1 Å². The van der Waals surface area contributed by atoms with Gasteiger partial charge in [-0.05, 0) is 87.6 Å². The highest BCUT2D eigenvalue weighted by atomic mass is 32.1. The molecular weight excluding hydrogens is 526 g/mol. The lowest BCUT2D eigenvalue weighted by Gasteiger charge is -2.31. The quantitative estimate of drug-likeness (QED) is 0.131. The zero-order valence-electron chi connectivity index (χ0n) is 23.8. The Morgan fingerprint density at radius 3 is 2.25 bits per heavy atom. The topological polar surface area (TPSA) is 109 Å². The number of thiophene rings is 1. The molecule has 1 aliphatic rings. The van der Waals surface area contributed by atoms with Crippen LogP contribution in [0, 0.1) is 0 Å². The van der Waals surface area contributed by atoms with Crippen LogP contribution in [-0.2, 0) is 33.9 Å². The van der Waals surface area contributed by atoms with Gasteiger partial charge in [0.15, 0.2) is 0 Å². The Labute approximate surface area is 240 Å². The van der Waals surface area contributed by atoms with Gasteiger partial charge in [0.25, 0.3) is 5.91 Å². The minimum absolute atomic E-state index is 0.0166. The standard InChI is InChI=1S/C31H41N3O5S/c1-20(39-31(2,3)4)28(30(36)38-25-7-5-6-8-25)33-19-22-11-9-21(10-12-22)17-32-18-23-13-14-24-16-27(29(35)34-37)40-26(24)15-23/h9-16,20,25,28,32-33,37H,5-8,17-19H2,1-4H3,(H,34,35). The maximum Gasteiger partial charge on any atom is 0.326 e. The number of carbonyl (C=O) groups is 2. The van der Waals surface area contributed by atoms with Crippen molar-refractivity contribution in [1.82, 2.24) is 16.1 Å². The molecule has 0 bridgehead atoms. The smallest absolute Gasteiger partial charge is 0.326 e. The molecule has 2 aromatic carbocycles. The number of benzene rings is 2. The summed E-state index contributed by atoms with van der Waals surface area (Å²) in [7, 11) is 0. The van der Waals surface area contributed by atoms with Crippen molar-refractivity contribution in [3.05, 3.63) is 70.1 Å². The van der Waals surface area contributed by atoms with Crippen LogP contribution in [0.4, 0.5) is 0 Å². The Morgan fingerprint density at radius 2 is 1.60 bits per heavy atom. The van der Waals surface area contributed by atoms with Gasteiger partial charge in [-0.2, -0.15) is 0 Å². The summed E-state index contributed by atoms with van der Waals surface area (Å²) in [6.07, 6.45) is 3.79. The molecule has 0 saturated heterocycles. The second kappa shape index (κ2) is 13.7. The largest absolute Gasteiger partial charge is 0.461 e. The van der Waals surface area contributed by atoms with Crippen LogP contribution in [0.1, 0.15) is 79.7 Å². The van der Waals surface area contributed by atoms with Crippen LogP contribution in [0.25, 0.3) is 10.1 Å². The summed E-state index contributed by atoms with van der Waals surface area (Å²) in [5, 5.41) is 16.7. The van der Waals surface area contributed by atoms with Crippen LogP contribution in [0.15, 0.2) is 48.5 Å². The molecule has 1 aliphatic carbocycles. The Balaban J connectivity index is 1.29. The zero-order chi connectivity index (χ0) is 28.7. The Morgan fingerprint density at radius 1 is 0.975 bits per heavy atom. The molecule has 4 rings (SSSR count). The third kappa shape index (κ3) is 8.59. The summed E-state index contributed by atoms with van der Waals surface area (Å²) in [5.41, 5.74) is 4.68. The summed E-state index contributed by atoms with van der Waals surface area (Å²) < 4.78 is 12.9. The third-order valence-corrected chi connectivity index (χ3v) is 8.06. The molecule has 9 heteroatoms. The second-order valence-electron chi connectivity index (χ2n) is 11.5. The number of amides is 1. The van der Waals surface area contributed by atoms with Crippen LogP contribution in [0.5, 0.6) is 0 Å². The zero-order valence-corrected chi connectivity index (χ0v) is 24.6. The lowest BCUT2D eigenvalue weighted by atomic mass is 10.1. The van der Waals surface area contributed by atoms with E-state index in [2.05, 4.69) is 41.0 Å². The Hall–Kier alpha value is -2.82. The van der Waals surface area contributed by atoms with Crippen LogP contribution < -0.4 is 16.1 Å². The number of ether oxygens (including phenoxy) is 2. The number of hydroxylamine groups is 1. The Kier molecular flexibility index (Phi) is 10.3. The van der Waals surface area contributed by atoms with Gasteiger partial charge >= 0.3 is 5.97 Å². The highest BCUT2D eigenvalue weighted by molar-refractivity contribution is 7.20. The molecule has 3 aromatic rings. The predicted octanol–water partition coefficient (Wildman–Crippen LogP) is 5.46. The lowest BCUT2D eigenvalue weighted by molar-refractivity contribution is -0.159. The summed E-state index contributed by atoms with van der Waals surface area (Å²) in [4.78, 5) is 25.2. The Bertz CT molecular complexity index is 1280. The van der Waals surface area contributed by atoms with Gasteiger partial charge in [0.05, 0.1) is 16.6 Å². The first-order valence-electron chi connectivity index (χ1n) is 14.0. The van der Waals surface area contributed by atoms with E-state index in [4.69, 9.17) is 14.7 Å². The fourth-order valence-corrected chi connectivity index (χ4v) is 6.03. The minimum atomic E-state index is -0.545. The molecule has 4 N–H and O–H groups in total. The van der Waals surface area contributed by atoms with Gasteiger partial charge in [-0.15, -0.1) is 11.3 Å². The minimum Gasteiger partial charge on any atom is -0.461 e. The van der Waals surface area contributed by atoms with E-state index in [-0.39, 0.29) is 23.8 Å². The number of rotatable bonds is 12. The lowest BCUT2D eigenvalue weighted by Crippen LogP contribution is -2.49. The molecular formula is C31H41N3O5S. The predicted molar refractivity (Wildman–Crippen MR) is 157 cm³/mol. The maximum absolute atomic E-state index is 13.1. The summed E-state index contributed by atoms with van der Waals surface area (Å²) in [6, 6.07) is 15.6. The average molecular weight is 568 g/mol. The monoisotopic (exact) mass is 567 g/mol. The molecule has 0 aliphatic heterocycles. The van der Waals surface area contributed by atoms with Crippen molar-refractivity contribution >= 4 is 33.3 Å². The SMILES string of the molecule is CC(OC(C)(C)C)C(NCc1ccc(CNCc2ccc3cc(C(=O)NO)sc3c2)cc1)C(=O)OC1CCCC1. The number of esters is 1. The maximum atomic E-state index is 13.1. The van der Waals surface area contributed by atoms with Crippen molar-refractivity contribution in [1.29, 1.82) is 0 Å². The first-order chi connectivity index (χ1) is 19.1. The van der Waals surface area contributed by atoms with E-state index in [1.807, 2.05) is 39.8 Å². The van der Waals surface area contributed by atoms with Crippen molar-refractivity contribution in [2.45, 2.75) is 96.9 Å². The fourth-order valence-electron chi connectivity index (χ4n) is 5.02. The molecule has 1 aromatic heterocycles. The fraction of sp³-hybridized carbons (Fsp3) is 0.484. The molecule has 1 saturated carbocycles. The summed E-state index contributed by atoms with van der Waals surface area (Å²) in [6.45, 7) is 9.83. The van der Waals surface area contributed by atoms with E-state index in [0.717, 1.165) is 52.5 Å². The molecule has 0 radical (unpaired) electrons. The molecule has 216 valence electrons. The van der Waals surface area contributed by atoms with Crippen molar-refractivity contribution in [2.24, 2.45) is 0 Å². The molecule has 0 spiro atoms. The van der Waals surface area contributed by atoms with Crippen LogP contribution in [0.2, 0.25) is 0 Å². The van der Waals surface area contributed by atoms with Crippen molar-refractivity contribution < 1.29 is 24.3 Å². The van der Waals surface area contributed by atoms with Gasteiger partial charge in [-0.25, -0.2) is 5.48 Å². The molecule has 1 fully saturated rings. The van der Waals surface area contributed by atoms with Gasteiger partial charge < -0.3 is 14.8 Å². The normalized spacial score (nSPS) is 15.7. The van der Waals surface area contributed by atoms with Gasteiger partial charge in [-0.1, -0.05) is 36.4 Å². The highest BCUT2D eigenvalue weighted by Crippen LogP contribution is 2.27. The third-order valence-electron chi connectivity index (χ3n) is 6.96. The first kappa shape index (κ1) is 30.1. The highest BCUT2D eigenvalue weighted by Gasteiger charge is 2.32. The number of carbonyl (C=O) groups excluding carboxylic acids is 2. The van der Waals surface area contributed by atoms with E-state index in [9.17, 15) is 9.59 Å². The van der Waals surface area contributed by atoms with E-state index < -0.39 is 11.9 Å². The molecule has 8 nitrogen and oxygen atoms in total. The van der Waals surface area contributed by atoms with E-state index in [0.29, 0.717) is 24.5 Å². The number of hydrogen-bond acceptors (Lipinski definition) is 8.